The van der Waals surface area contributed by atoms with Gasteiger partial charge in [0.1, 0.15) is 11.6 Å². The molecule has 0 aromatic carbocycles. The molecule has 0 radical (unpaired) electrons. The lowest BCUT2D eigenvalue weighted by Gasteiger charge is -2.46. The van der Waals surface area contributed by atoms with E-state index in [0.29, 0.717) is 18.9 Å². The van der Waals surface area contributed by atoms with Crippen molar-refractivity contribution in [3.05, 3.63) is 22.4 Å². The first-order valence-electron chi connectivity index (χ1n) is 7.21. The maximum absolute atomic E-state index is 12.8. The third-order valence-electron chi connectivity index (χ3n) is 4.58. The molecule has 4 nitrogen and oxygen atoms in total. The monoisotopic (exact) mass is 292 g/mol. The number of hydrogen-bond acceptors (Lipinski definition) is 3. The van der Waals surface area contributed by atoms with E-state index in [-0.39, 0.29) is 17.9 Å². The minimum atomic E-state index is -0.730. The first-order chi connectivity index (χ1) is 9.56. The summed E-state index contributed by atoms with van der Waals surface area (Å²) in [5, 5.41) is 4.96. The topological polar surface area (TPSA) is 49.4 Å². The van der Waals surface area contributed by atoms with Gasteiger partial charge in [-0.2, -0.15) is 0 Å². The van der Waals surface area contributed by atoms with Crippen LogP contribution in [-0.4, -0.2) is 28.3 Å². The molecule has 2 amide bonds. The Morgan fingerprint density at radius 3 is 2.75 bits per heavy atom. The van der Waals surface area contributed by atoms with Gasteiger partial charge in [-0.1, -0.05) is 13.0 Å². The second kappa shape index (κ2) is 4.88. The zero-order valence-corrected chi connectivity index (χ0v) is 12.7. The highest BCUT2D eigenvalue weighted by Gasteiger charge is 2.52. The molecule has 2 atom stereocenters. The SMILES string of the molecule is CCC1(C)C(=O)NC(C2CC2)C(=O)N1Cc1cccs1. The van der Waals surface area contributed by atoms with E-state index in [1.54, 1.807) is 16.2 Å². The Bertz CT molecular complexity index is 524. The van der Waals surface area contributed by atoms with Gasteiger partial charge in [0.05, 0.1) is 6.54 Å². The van der Waals surface area contributed by atoms with Gasteiger partial charge in [-0.3, -0.25) is 9.59 Å². The highest BCUT2D eigenvalue weighted by molar-refractivity contribution is 7.09. The first kappa shape index (κ1) is 13.6. The van der Waals surface area contributed by atoms with Crippen molar-refractivity contribution in [3.8, 4) is 0 Å². The second-order valence-corrected chi connectivity index (χ2v) is 6.95. The molecule has 2 fully saturated rings. The van der Waals surface area contributed by atoms with E-state index < -0.39 is 5.54 Å². The number of rotatable bonds is 4. The largest absolute Gasteiger partial charge is 0.342 e. The molecule has 1 aromatic heterocycles. The van der Waals surface area contributed by atoms with Gasteiger partial charge in [-0.25, -0.2) is 0 Å². The predicted octanol–water partition coefficient (Wildman–Crippen LogP) is 2.15. The van der Waals surface area contributed by atoms with Crippen molar-refractivity contribution < 1.29 is 9.59 Å². The minimum Gasteiger partial charge on any atom is -0.342 e. The van der Waals surface area contributed by atoms with Crippen molar-refractivity contribution in [2.24, 2.45) is 5.92 Å². The maximum Gasteiger partial charge on any atom is 0.246 e. The van der Waals surface area contributed by atoms with Crippen LogP contribution in [0.15, 0.2) is 17.5 Å². The van der Waals surface area contributed by atoms with Crippen LogP contribution in [0, 0.1) is 5.92 Å². The fraction of sp³-hybridized carbons (Fsp3) is 0.600. The minimum absolute atomic E-state index is 0.00643. The summed E-state index contributed by atoms with van der Waals surface area (Å²) in [5.41, 5.74) is -0.730. The summed E-state index contributed by atoms with van der Waals surface area (Å²) in [6, 6.07) is 3.70. The Balaban J connectivity index is 1.90. The molecule has 0 bridgehead atoms. The average Bonchev–Trinajstić information content (AvgIpc) is 3.15. The average molecular weight is 292 g/mol. The number of amides is 2. The van der Waals surface area contributed by atoms with Crippen LogP contribution in [0.1, 0.15) is 38.0 Å². The van der Waals surface area contributed by atoms with Gasteiger partial charge in [-0.15, -0.1) is 11.3 Å². The van der Waals surface area contributed by atoms with Gasteiger partial charge in [-0.05, 0) is 43.6 Å². The molecule has 0 spiro atoms. The molecule has 1 N–H and O–H groups in total. The Hall–Kier alpha value is -1.36. The van der Waals surface area contributed by atoms with Gasteiger partial charge < -0.3 is 10.2 Å². The summed E-state index contributed by atoms with van der Waals surface area (Å²) < 4.78 is 0. The number of nitrogens with zero attached hydrogens (tertiary/aromatic N) is 1. The van der Waals surface area contributed by atoms with Crippen molar-refractivity contribution in [3.63, 3.8) is 0 Å². The fourth-order valence-corrected chi connectivity index (χ4v) is 3.50. The molecule has 3 rings (SSSR count). The molecule has 5 heteroatoms. The summed E-state index contributed by atoms with van der Waals surface area (Å²) in [7, 11) is 0. The van der Waals surface area contributed by atoms with Crippen molar-refractivity contribution in [2.45, 2.75) is 51.2 Å². The number of piperazine rings is 1. The third kappa shape index (κ3) is 2.14. The van der Waals surface area contributed by atoms with Crippen molar-refractivity contribution in [1.82, 2.24) is 10.2 Å². The van der Waals surface area contributed by atoms with E-state index in [0.717, 1.165) is 17.7 Å². The first-order valence-corrected chi connectivity index (χ1v) is 8.09. The normalized spacial score (nSPS) is 30.5. The van der Waals surface area contributed by atoms with E-state index in [9.17, 15) is 9.59 Å². The lowest BCUT2D eigenvalue weighted by Crippen LogP contribution is -2.69. The highest BCUT2D eigenvalue weighted by Crippen LogP contribution is 2.38. The van der Waals surface area contributed by atoms with Crippen molar-refractivity contribution >= 4 is 23.2 Å². The molecule has 1 saturated carbocycles. The van der Waals surface area contributed by atoms with Gasteiger partial charge in [0.2, 0.25) is 11.8 Å². The Morgan fingerprint density at radius 1 is 1.45 bits per heavy atom. The number of hydrogen-bond donors (Lipinski definition) is 1. The Labute approximate surface area is 123 Å². The van der Waals surface area contributed by atoms with Crippen LogP contribution >= 0.6 is 11.3 Å². The van der Waals surface area contributed by atoms with Crippen LogP contribution < -0.4 is 5.32 Å². The Kier molecular flexibility index (Phi) is 3.32. The molecular formula is C15H20N2O2S. The second-order valence-electron chi connectivity index (χ2n) is 5.92. The number of carbonyl (C=O) groups excluding carboxylic acids is 2. The van der Waals surface area contributed by atoms with Gasteiger partial charge in [0, 0.05) is 4.88 Å². The number of carbonyl (C=O) groups is 2. The summed E-state index contributed by atoms with van der Waals surface area (Å²) in [6.07, 6.45) is 2.73. The zero-order chi connectivity index (χ0) is 14.3. The molecule has 1 saturated heterocycles. The van der Waals surface area contributed by atoms with Gasteiger partial charge in [0.25, 0.3) is 0 Å². The van der Waals surface area contributed by atoms with Crippen molar-refractivity contribution in [1.29, 1.82) is 0 Å². The van der Waals surface area contributed by atoms with Crippen LogP contribution in [-0.2, 0) is 16.1 Å². The number of nitrogens with one attached hydrogen (secondary N) is 1. The van der Waals surface area contributed by atoms with E-state index in [2.05, 4.69) is 5.32 Å². The summed E-state index contributed by atoms with van der Waals surface area (Å²) in [6.45, 7) is 4.38. The third-order valence-corrected chi connectivity index (χ3v) is 5.44. The van der Waals surface area contributed by atoms with Crippen LogP contribution in [0.25, 0.3) is 0 Å². The van der Waals surface area contributed by atoms with Crippen LogP contribution in [0.2, 0.25) is 0 Å². The predicted molar refractivity (Wildman–Crippen MR) is 78.2 cm³/mol. The molecular weight excluding hydrogens is 272 g/mol. The quantitative estimate of drug-likeness (QED) is 0.924. The van der Waals surface area contributed by atoms with Crippen molar-refractivity contribution in [2.75, 3.05) is 0 Å². The standard InChI is InChI=1S/C15H20N2O2S/c1-3-15(2)14(19)16-12(10-6-7-10)13(18)17(15)9-11-5-4-8-20-11/h4-5,8,10,12H,3,6-7,9H2,1-2H3,(H,16,19). The molecule has 1 aliphatic heterocycles. The highest BCUT2D eigenvalue weighted by atomic mass is 32.1. The van der Waals surface area contributed by atoms with E-state index in [1.807, 2.05) is 31.4 Å². The lowest BCUT2D eigenvalue weighted by atomic mass is 9.89. The lowest BCUT2D eigenvalue weighted by molar-refractivity contribution is -0.158. The van der Waals surface area contributed by atoms with E-state index in [1.165, 1.54) is 0 Å². The zero-order valence-electron chi connectivity index (χ0n) is 11.9. The summed E-state index contributed by atoms with van der Waals surface area (Å²) >= 11 is 1.63. The van der Waals surface area contributed by atoms with E-state index in [4.69, 9.17) is 0 Å². The summed E-state index contributed by atoms with van der Waals surface area (Å²) in [5.74, 6) is 0.427. The molecule has 20 heavy (non-hydrogen) atoms. The Morgan fingerprint density at radius 2 is 2.20 bits per heavy atom. The molecule has 2 aliphatic rings. The van der Waals surface area contributed by atoms with Gasteiger partial charge in [0.15, 0.2) is 0 Å². The summed E-state index contributed by atoms with van der Waals surface area (Å²) in [4.78, 5) is 28.2. The van der Waals surface area contributed by atoms with Gasteiger partial charge >= 0.3 is 0 Å². The molecule has 2 heterocycles. The van der Waals surface area contributed by atoms with Crippen LogP contribution in [0.5, 0.6) is 0 Å². The maximum atomic E-state index is 12.8. The van der Waals surface area contributed by atoms with E-state index >= 15 is 0 Å². The molecule has 2 unspecified atom stereocenters. The molecule has 1 aliphatic carbocycles. The molecule has 108 valence electrons. The van der Waals surface area contributed by atoms with Crippen LogP contribution in [0.3, 0.4) is 0 Å². The molecule has 1 aromatic rings. The fourth-order valence-electron chi connectivity index (χ4n) is 2.80. The smallest absolute Gasteiger partial charge is 0.246 e. The number of thiophene rings is 1. The van der Waals surface area contributed by atoms with Crippen LogP contribution in [0.4, 0.5) is 0 Å².